The Bertz CT molecular complexity index is 870. The lowest BCUT2D eigenvalue weighted by molar-refractivity contribution is -0.118. The van der Waals surface area contributed by atoms with Crippen LogP contribution in [-0.4, -0.2) is 22.7 Å². The zero-order valence-electron chi connectivity index (χ0n) is 13.6. The Hall–Kier alpha value is -2.67. The van der Waals surface area contributed by atoms with Crippen LogP contribution in [0.25, 0.3) is 11.3 Å². The van der Waals surface area contributed by atoms with Crippen LogP contribution < -0.4 is 10.1 Å². The van der Waals surface area contributed by atoms with Crippen molar-refractivity contribution in [2.45, 2.75) is 20.8 Å². The van der Waals surface area contributed by atoms with Crippen LogP contribution in [0, 0.1) is 20.8 Å². The highest BCUT2D eigenvalue weighted by molar-refractivity contribution is 7.14. The second-order valence-electron chi connectivity index (χ2n) is 5.45. The fourth-order valence-electron chi connectivity index (χ4n) is 2.07. The Balaban J connectivity index is 1.60. The molecule has 1 amide bonds. The number of nitrogens with zero attached hydrogens (tertiary/aromatic N) is 2. The number of carbonyl (C=O) groups excluding carboxylic acids is 1. The molecular formula is C17H17N3O3S. The number of aryl methyl sites for hydroxylation is 3. The molecule has 124 valence electrons. The first-order valence-corrected chi connectivity index (χ1v) is 8.28. The molecule has 0 saturated carbocycles. The predicted octanol–water partition coefficient (Wildman–Crippen LogP) is 3.74. The summed E-state index contributed by atoms with van der Waals surface area (Å²) in [5.41, 5.74) is 4.32. The highest BCUT2D eigenvalue weighted by Gasteiger charge is 2.10. The maximum atomic E-state index is 11.9. The lowest BCUT2D eigenvalue weighted by Gasteiger charge is -2.03. The molecule has 2 aromatic heterocycles. The molecule has 0 spiro atoms. The molecule has 7 heteroatoms. The third-order valence-corrected chi connectivity index (χ3v) is 4.27. The summed E-state index contributed by atoms with van der Waals surface area (Å²) < 4.78 is 10.1. The number of hydrogen-bond acceptors (Lipinski definition) is 6. The van der Waals surface area contributed by atoms with Gasteiger partial charge in [0.25, 0.3) is 11.8 Å². The molecule has 2 heterocycles. The first kappa shape index (κ1) is 16.2. The van der Waals surface area contributed by atoms with E-state index in [2.05, 4.69) is 41.4 Å². The normalized spacial score (nSPS) is 10.6. The summed E-state index contributed by atoms with van der Waals surface area (Å²) >= 11 is 1.38. The van der Waals surface area contributed by atoms with Crippen LogP contribution >= 0.6 is 11.3 Å². The van der Waals surface area contributed by atoms with Crippen molar-refractivity contribution in [1.29, 1.82) is 0 Å². The van der Waals surface area contributed by atoms with Gasteiger partial charge in [0.2, 0.25) is 0 Å². The first-order valence-electron chi connectivity index (χ1n) is 7.40. The van der Waals surface area contributed by atoms with Gasteiger partial charge in [-0.3, -0.25) is 10.1 Å². The van der Waals surface area contributed by atoms with E-state index in [1.165, 1.54) is 22.5 Å². The molecule has 0 aliphatic heterocycles. The first-order chi connectivity index (χ1) is 11.5. The van der Waals surface area contributed by atoms with E-state index >= 15 is 0 Å². The van der Waals surface area contributed by atoms with E-state index in [9.17, 15) is 4.79 Å². The molecule has 0 bridgehead atoms. The largest absolute Gasteiger partial charge is 0.465 e. The number of carbonyl (C=O) groups is 1. The van der Waals surface area contributed by atoms with E-state index in [0.717, 1.165) is 11.3 Å². The average Bonchev–Trinajstić information content (AvgIpc) is 3.17. The molecule has 0 atom stereocenters. The van der Waals surface area contributed by atoms with Crippen molar-refractivity contribution in [1.82, 2.24) is 10.1 Å². The van der Waals surface area contributed by atoms with E-state index in [1.807, 2.05) is 11.4 Å². The van der Waals surface area contributed by atoms with Gasteiger partial charge in [-0.2, -0.15) is 0 Å². The Morgan fingerprint density at radius 3 is 2.79 bits per heavy atom. The highest BCUT2D eigenvalue weighted by Crippen LogP contribution is 2.26. The third kappa shape index (κ3) is 3.80. The number of hydrogen-bond donors (Lipinski definition) is 1. The van der Waals surface area contributed by atoms with Crippen molar-refractivity contribution in [3.8, 4) is 17.1 Å². The van der Waals surface area contributed by atoms with E-state index in [-0.39, 0.29) is 18.4 Å². The minimum Gasteiger partial charge on any atom is -0.465 e. The Morgan fingerprint density at radius 2 is 2.08 bits per heavy atom. The molecule has 3 rings (SSSR count). The van der Waals surface area contributed by atoms with Gasteiger partial charge in [0.15, 0.2) is 11.7 Å². The van der Waals surface area contributed by atoms with Crippen LogP contribution in [0.1, 0.15) is 16.9 Å². The lowest BCUT2D eigenvalue weighted by atomic mass is 10.1. The molecule has 6 nitrogen and oxygen atoms in total. The molecule has 0 aliphatic carbocycles. The van der Waals surface area contributed by atoms with Crippen molar-refractivity contribution >= 4 is 22.4 Å². The van der Waals surface area contributed by atoms with Gasteiger partial charge < -0.3 is 9.26 Å². The zero-order chi connectivity index (χ0) is 17.1. The SMILES string of the molecule is Cc1cc(OCC(=O)Nc2nc(-c3ccc(C)c(C)c3)cs2)no1. The van der Waals surface area contributed by atoms with E-state index < -0.39 is 0 Å². The second kappa shape index (κ2) is 6.84. The summed E-state index contributed by atoms with van der Waals surface area (Å²) in [5, 5.41) is 8.84. The van der Waals surface area contributed by atoms with Crippen molar-refractivity contribution in [3.63, 3.8) is 0 Å². The number of rotatable bonds is 5. The maximum absolute atomic E-state index is 11.9. The third-order valence-electron chi connectivity index (χ3n) is 3.51. The van der Waals surface area contributed by atoms with Crippen LogP contribution in [-0.2, 0) is 4.79 Å². The van der Waals surface area contributed by atoms with Gasteiger partial charge in [-0.05, 0) is 43.1 Å². The summed E-state index contributed by atoms with van der Waals surface area (Å²) in [6.45, 7) is 5.74. The number of nitrogens with one attached hydrogen (secondary N) is 1. The van der Waals surface area contributed by atoms with Crippen molar-refractivity contribution in [2.75, 3.05) is 11.9 Å². The van der Waals surface area contributed by atoms with Crippen LogP contribution in [0.15, 0.2) is 34.2 Å². The van der Waals surface area contributed by atoms with E-state index in [4.69, 9.17) is 9.26 Å². The second-order valence-corrected chi connectivity index (χ2v) is 6.31. The van der Waals surface area contributed by atoms with E-state index in [1.54, 1.807) is 13.0 Å². The standard InChI is InChI=1S/C17H17N3O3S/c1-10-4-5-13(6-11(10)2)14-9-24-17(18-14)19-15(21)8-22-16-7-12(3)23-20-16/h4-7,9H,8H2,1-3H3,(H,18,19,21). The average molecular weight is 343 g/mol. The fraction of sp³-hybridized carbons (Fsp3) is 0.235. The van der Waals surface area contributed by atoms with Crippen LogP contribution in [0.3, 0.4) is 0 Å². The van der Waals surface area contributed by atoms with Gasteiger partial charge in [0.05, 0.1) is 5.69 Å². The predicted molar refractivity (Wildman–Crippen MR) is 92.4 cm³/mol. The molecule has 0 fully saturated rings. The van der Waals surface area contributed by atoms with Gasteiger partial charge in [-0.15, -0.1) is 11.3 Å². The zero-order valence-corrected chi connectivity index (χ0v) is 14.4. The fourth-order valence-corrected chi connectivity index (χ4v) is 2.81. The monoisotopic (exact) mass is 343 g/mol. The van der Waals surface area contributed by atoms with E-state index in [0.29, 0.717) is 10.9 Å². The summed E-state index contributed by atoms with van der Waals surface area (Å²) in [6.07, 6.45) is 0. The van der Waals surface area contributed by atoms with Crippen molar-refractivity contribution < 1.29 is 14.1 Å². The minimum atomic E-state index is -0.295. The molecule has 0 unspecified atom stereocenters. The Morgan fingerprint density at radius 1 is 1.25 bits per heavy atom. The molecule has 0 aliphatic rings. The smallest absolute Gasteiger partial charge is 0.264 e. The number of benzene rings is 1. The number of thiazole rings is 1. The molecule has 1 N–H and O–H groups in total. The summed E-state index contributed by atoms with van der Waals surface area (Å²) in [5.74, 6) is 0.623. The Kier molecular flexibility index (Phi) is 4.61. The van der Waals surface area contributed by atoms with Gasteiger partial charge in [0.1, 0.15) is 5.76 Å². The summed E-state index contributed by atoms with van der Waals surface area (Å²) in [4.78, 5) is 16.4. The van der Waals surface area contributed by atoms with Gasteiger partial charge in [-0.1, -0.05) is 12.1 Å². The van der Waals surface area contributed by atoms with Crippen molar-refractivity contribution in [2.24, 2.45) is 0 Å². The Labute approximate surface area is 143 Å². The molecular weight excluding hydrogens is 326 g/mol. The molecule has 0 saturated heterocycles. The summed E-state index contributed by atoms with van der Waals surface area (Å²) in [6, 6.07) is 7.80. The summed E-state index contributed by atoms with van der Waals surface area (Å²) in [7, 11) is 0. The molecule has 24 heavy (non-hydrogen) atoms. The van der Waals surface area contributed by atoms with Gasteiger partial charge >= 0.3 is 0 Å². The number of amides is 1. The molecule has 1 aromatic carbocycles. The minimum absolute atomic E-state index is 0.148. The number of aromatic nitrogens is 2. The van der Waals surface area contributed by atoms with Crippen molar-refractivity contribution in [3.05, 3.63) is 46.5 Å². The molecule has 0 radical (unpaired) electrons. The van der Waals surface area contributed by atoms with Crippen LogP contribution in [0.5, 0.6) is 5.88 Å². The number of anilines is 1. The topological polar surface area (TPSA) is 77.2 Å². The maximum Gasteiger partial charge on any atom is 0.264 e. The quantitative estimate of drug-likeness (QED) is 0.763. The number of ether oxygens (including phenoxy) is 1. The van der Waals surface area contributed by atoms with Gasteiger partial charge in [0, 0.05) is 17.0 Å². The highest BCUT2D eigenvalue weighted by atomic mass is 32.1. The van der Waals surface area contributed by atoms with Crippen LogP contribution in [0.4, 0.5) is 5.13 Å². The lowest BCUT2D eigenvalue weighted by Crippen LogP contribution is -2.20. The molecule has 3 aromatic rings. The van der Waals surface area contributed by atoms with Gasteiger partial charge in [-0.25, -0.2) is 4.98 Å². The van der Waals surface area contributed by atoms with Crippen LogP contribution in [0.2, 0.25) is 0 Å².